The molecular weight excluding hydrogens is 256 g/mol. The molecule has 102 valence electrons. The first-order valence-corrected chi connectivity index (χ1v) is 9.27. The number of benzene rings is 1. The summed E-state index contributed by atoms with van der Waals surface area (Å²) < 4.78 is 1.89. The first-order chi connectivity index (χ1) is 8.97. The van der Waals surface area contributed by atoms with Gasteiger partial charge in [-0.25, -0.2) is 0 Å². The third-order valence-corrected chi connectivity index (χ3v) is 4.06. The number of para-hydroxylation sites is 1. The number of anilines is 1. The lowest BCUT2D eigenvalue weighted by Gasteiger charge is -2.23. The summed E-state index contributed by atoms with van der Waals surface area (Å²) in [6, 6.07) is 9.71. The minimum absolute atomic E-state index is 0.218. The van der Waals surface area contributed by atoms with Crippen molar-refractivity contribution in [3.63, 3.8) is 0 Å². The standard InChI is InChI=1S/C14H20N2O2Si/c1-5-13(17)14(18)11(2)15-16(19(3)4)12-9-7-6-8-10-12/h6-10,19H,5H2,1-4H3. The van der Waals surface area contributed by atoms with E-state index in [4.69, 9.17) is 0 Å². The maximum atomic E-state index is 11.8. The molecule has 19 heavy (non-hydrogen) atoms. The molecule has 0 aromatic heterocycles. The summed E-state index contributed by atoms with van der Waals surface area (Å²) in [5.74, 6) is -0.877. The van der Waals surface area contributed by atoms with Crippen LogP contribution in [0.3, 0.4) is 0 Å². The second-order valence-electron chi connectivity index (χ2n) is 4.57. The lowest BCUT2D eigenvalue weighted by atomic mass is 10.1. The van der Waals surface area contributed by atoms with Crippen molar-refractivity contribution in [2.24, 2.45) is 5.10 Å². The van der Waals surface area contributed by atoms with Gasteiger partial charge in [0.1, 0.15) is 5.71 Å². The summed E-state index contributed by atoms with van der Waals surface area (Å²) in [4.78, 5) is 23.2. The van der Waals surface area contributed by atoms with E-state index < -0.39 is 14.7 Å². The molecule has 1 aromatic rings. The van der Waals surface area contributed by atoms with Crippen molar-refractivity contribution < 1.29 is 9.59 Å². The van der Waals surface area contributed by atoms with Gasteiger partial charge in [0.25, 0.3) is 0 Å². The predicted molar refractivity (Wildman–Crippen MR) is 81.2 cm³/mol. The molecule has 0 aliphatic heterocycles. The van der Waals surface area contributed by atoms with E-state index in [1.807, 2.05) is 35.0 Å². The van der Waals surface area contributed by atoms with Crippen molar-refractivity contribution in [3.05, 3.63) is 30.3 Å². The number of rotatable bonds is 6. The van der Waals surface area contributed by atoms with Crippen LogP contribution in [0, 0.1) is 0 Å². The molecule has 0 spiro atoms. The predicted octanol–water partition coefficient (Wildman–Crippen LogP) is 2.40. The Morgan fingerprint density at radius 2 is 1.79 bits per heavy atom. The minimum Gasteiger partial charge on any atom is -0.298 e. The molecule has 4 nitrogen and oxygen atoms in total. The topological polar surface area (TPSA) is 49.7 Å². The van der Waals surface area contributed by atoms with Gasteiger partial charge in [0.2, 0.25) is 11.6 Å². The number of hydrogen-bond donors (Lipinski definition) is 0. The van der Waals surface area contributed by atoms with Crippen LogP contribution in [0.2, 0.25) is 13.1 Å². The van der Waals surface area contributed by atoms with E-state index >= 15 is 0 Å². The summed E-state index contributed by atoms with van der Waals surface area (Å²) in [6.45, 7) is 7.52. The van der Waals surface area contributed by atoms with E-state index in [1.165, 1.54) is 0 Å². The van der Waals surface area contributed by atoms with Gasteiger partial charge in [0, 0.05) is 12.1 Å². The van der Waals surface area contributed by atoms with Gasteiger partial charge in [0.15, 0.2) is 8.96 Å². The van der Waals surface area contributed by atoms with Crippen molar-refractivity contribution in [1.82, 2.24) is 0 Å². The highest BCUT2D eigenvalue weighted by Crippen LogP contribution is 2.15. The van der Waals surface area contributed by atoms with Crippen LogP contribution in [0.4, 0.5) is 5.69 Å². The second kappa shape index (κ2) is 6.99. The minimum atomic E-state index is -1.27. The molecule has 0 aliphatic rings. The zero-order valence-electron chi connectivity index (χ0n) is 11.9. The van der Waals surface area contributed by atoms with E-state index in [2.05, 4.69) is 18.2 Å². The zero-order chi connectivity index (χ0) is 14.4. The van der Waals surface area contributed by atoms with Gasteiger partial charge in [0.05, 0.1) is 0 Å². The van der Waals surface area contributed by atoms with Crippen LogP contribution in [-0.4, -0.2) is 26.2 Å². The van der Waals surface area contributed by atoms with Crippen molar-refractivity contribution in [2.45, 2.75) is 33.4 Å². The highest BCUT2D eigenvalue weighted by Gasteiger charge is 2.18. The molecule has 5 heteroatoms. The van der Waals surface area contributed by atoms with Crippen LogP contribution in [0.25, 0.3) is 0 Å². The quantitative estimate of drug-likeness (QED) is 0.347. The molecule has 0 atom stereocenters. The van der Waals surface area contributed by atoms with Gasteiger partial charge in [-0.1, -0.05) is 38.2 Å². The summed E-state index contributed by atoms with van der Waals surface area (Å²) in [7, 11) is -1.27. The molecule has 0 N–H and O–H groups in total. The highest BCUT2D eigenvalue weighted by atomic mass is 28.3. The largest absolute Gasteiger partial charge is 0.298 e. The average Bonchev–Trinajstić information content (AvgIpc) is 2.43. The number of Topliss-reactive ketones (excluding diaryl/α,β-unsaturated/α-hetero) is 2. The summed E-state index contributed by atoms with van der Waals surface area (Å²) in [6.07, 6.45) is 0.218. The molecular formula is C14H20N2O2Si. The average molecular weight is 276 g/mol. The smallest absolute Gasteiger partial charge is 0.244 e. The fourth-order valence-electron chi connectivity index (χ4n) is 1.62. The molecule has 0 aliphatic carbocycles. The van der Waals surface area contributed by atoms with Crippen LogP contribution < -0.4 is 4.67 Å². The Labute approximate surface area is 115 Å². The summed E-state index contributed by atoms with van der Waals surface area (Å²) >= 11 is 0. The summed E-state index contributed by atoms with van der Waals surface area (Å²) in [5.41, 5.74) is 1.22. The third kappa shape index (κ3) is 4.13. The zero-order valence-corrected chi connectivity index (χ0v) is 13.0. The molecule has 0 fully saturated rings. The van der Waals surface area contributed by atoms with E-state index in [0.717, 1.165) is 5.69 Å². The monoisotopic (exact) mass is 276 g/mol. The molecule has 1 rings (SSSR count). The normalized spacial score (nSPS) is 11.5. The van der Waals surface area contributed by atoms with E-state index in [0.29, 0.717) is 0 Å². The number of ketones is 2. The van der Waals surface area contributed by atoms with E-state index in [-0.39, 0.29) is 17.9 Å². The first kappa shape index (κ1) is 15.3. The summed E-state index contributed by atoms with van der Waals surface area (Å²) in [5, 5.41) is 4.36. The van der Waals surface area contributed by atoms with Gasteiger partial charge in [-0.2, -0.15) is 5.10 Å². The Morgan fingerprint density at radius 3 is 2.26 bits per heavy atom. The van der Waals surface area contributed by atoms with Gasteiger partial charge >= 0.3 is 0 Å². The lowest BCUT2D eigenvalue weighted by Crippen LogP contribution is -2.32. The van der Waals surface area contributed by atoms with Gasteiger partial charge in [-0.05, 0) is 19.1 Å². The van der Waals surface area contributed by atoms with Crippen LogP contribution in [0.5, 0.6) is 0 Å². The number of carbonyl (C=O) groups excluding carboxylic acids is 2. The van der Waals surface area contributed by atoms with Gasteiger partial charge in [-0.15, -0.1) is 0 Å². The maximum Gasteiger partial charge on any atom is 0.244 e. The Hall–Kier alpha value is -1.75. The number of carbonyl (C=O) groups is 2. The van der Waals surface area contributed by atoms with Crippen LogP contribution >= 0.6 is 0 Å². The van der Waals surface area contributed by atoms with Gasteiger partial charge < -0.3 is 0 Å². The Kier molecular flexibility index (Phi) is 5.63. The van der Waals surface area contributed by atoms with Crippen molar-refractivity contribution in [1.29, 1.82) is 0 Å². The molecule has 0 saturated heterocycles. The second-order valence-corrected chi connectivity index (χ2v) is 7.24. The Balaban J connectivity index is 3.03. The first-order valence-electron chi connectivity index (χ1n) is 6.44. The lowest BCUT2D eigenvalue weighted by molar-refractivity contribution is -0.132. The maximum absolute atomic E-state index is 11.8. The van der Waals surface area contributed by atoms with E-state index in [9.17, 15) is 9.59 Å². The van der Waals surface area contributed by atoms with Crippen molar-refractivity contribution >= 4 is 31.9 Å². The molecule has 0 amide bonds. The Bertz CT molecular complexity index is 483. The number of nitrogens with zero attached hydrogens (tertiary/aromatic N) is 2. The highest BCUT2D eigenvalue weighted by molar-refractivity contribution is 6.66. The molecule has 1 aromatic carbocycles. The fourth-order valence-corrected chi connectivity index (χ4v) is 2.79. The van der Waals surface area contributed by atoms with E-state index in [1.54, 1.807) is 13.8 Å². The van der Waals surface area contributed by atoms with Crippen molar-refractivity contribution in [3.8, 4) is 0 Å². The van der Waals surface area contributed by atoms with Crippen LogP contribution in [0.15, 0.2) is 35.4 Å². The van der Waals surface area contributed by atoms with Crippen molar-refractivity contribution in [2.75, 3.05) is 4.67 Å². The molecule has 0 heterocycles. The van der Waals surface area contributed by atoms with Crippen LogP contribution in [0.1, 0.15) is 20.3 Å². The third-order valence-electron chi connectivity index (χ3n) is 2.67. The van der Waals surface area contributed by atoms with Gasteiger partial charge in [-0.3, -0.25) is 14.3 Å². The molecule has 0 bridgehead atoms. The number of hydrazone groups is 1. The molecule has 0 radical (unpaired) electrons. The Morgan fingerprint density at radius 1 is 1.21 bits per heavy atom. The molecule has 0 unspecified atom stereocenters. The SMILES string of the molecule is CCC(=O)C(=O)C(C)=NN(c1ccccc1)[SiH](C)C. The number of hydrogen-bond acceptors (Lipinski definition) is 4. The fraction of sp³-hybridized carbons (Fsp3) is 0.357. The van der Waals surface area contributed by atoms with Crippen LogP contribution in [-0.2, 0) is 9.59 Å². The molecule has 0 saturated carbocycles.